The van der Waals surface area contributed by atoms with Gasteiger partial charge in [0.1, 0.15) is 5.82 Å². The van der Waals surface area contributed by atoms with Gasteiger partial charge in [-0.2, -0.15) is 5.10 Å². The molecular weight excluding hydrogens is 270 g/mol. The average Bonchev–Trinajstić information content (AvgIpc) is 2.63. The largest absolute Gasteiger partial charge is 0.397 e. The first-order valence-electron chi connectivity index (χ1n) is 4.80. The van der Waals surface area contributed by atoms with E-state index in [9.17, 15) is 0 Å². The first-order valence-corrected chi connectivity index (χ1v) is 5.60. The Morgan fingerprint density at radius 2 is 2.31 bits per heavy atom. The molecule has 2 rings (SSSR count). The summed E-state index contributed by atoms with van der Waals surface area (Å²) in [6.07, 6.45) is 3.42. The minimum Gasteiger partial charge on any atom is -0.397 e. The van der Waals surface area contributed by atoms with Gasteiger partial charge in [-0.1, -0.05) is 0 Å². The van der Waals surface area contributed by atoms with Crippen molar-refractivity contribution < 1.29 is 0 Å². The third-order valence-corrected chi connectivity index (χ3v) is 2.85. The van der Waals surface area contributed by atoms with Crippen LogP contribution >= 0.6 is 15.9 Å². The zero-order chi connectivity index (χ0) is 11.5. The van der Waals surface area contributed by atoms with E-state index in [1.54, 1.807) is 12.4 Å². The van der Waals surface area contributed by atoms with Crippen LogP contribution in [-0.4, -0.2) is 15.2 Å². The molecular formula is C10H12BrN5. The number of aryl methyl sites for hydroxylation is 1. The molecule has 2 aromatic heterocycles. The van der Waals surface area contributed by atoms with Crippen LogP contribution in [0.5, 0.6) is 0 Å². The van der Waals surface area contributed by atoms with Crippen LogP contribution in [0.3, 0.4) is 0 Å². The molecule has 0 aliphatic rings. The molecule has 6 heteroatoms. The van der Waals surface area contributed by atoms with E-state index < -0.39 is 0 Å². The Balaban J connectivity index is 2.08. The van der Waals surface area contributed by atoms with E-state index in [0.29, 0.717) is 12.2 Å². The minimum atomic E-state index is 0.636. The molecule has 0 amide bonds. The Kier molecular flexibility index (Phi) is 3.09. The normalized spacial score (nSPS) is 10.4. The lowest BCUT2D eigenvalue weighted by molar-refractivity contribution is 1.04. The molecule has 2 heterocycles. The number of nitrogens with one attached hydrogen (secondary N) is 2. The number of anilines is 2. The fourth-order valence-electron chi connectivity index (χ4n) is 1.32. The number of nitrogens with zero attached hydrogens (tertiary/aromatic N) is 2. The number of aromatic amines is 1. The van der Waals surface area contributed by atoms with Crippen molar-refractivity contribution in [3.8, 4) is 0 Å². The quantitative estimate of drug-likeness (QED) is 0.805. The lowest BCUT2D eigenvalue weighted by atomic mass is 10.2. The number of nitrogen functional groups attached to an aromatic ring is 1. The van der Waals surface area contributed by atoms with Gasteiger partial charge in [-0.25, -0.2) is 4.98 Å². The Labute approximate surface area is 102 Å². The minimum absolute atomic E-state index is 0.636. The fourth-order valence-corrected chi connectivity index (χ4v) is 1.82. The van der Waals surface area contributed by atoms with Gasteiger partial charge < -0.3 is 11.1 Å². The van der Waals surface area contributed by atoms with Gasteiger partial charge in [0.25, 0.3) is 0 Å². The van der Waals surface area contributed by atoms with Crippen LogP contribution in [0.2, 0.25) is 0 Å². The molecule has 0 unspecified atom stereocenters. The van der Waals surface area contributed by atoms with Crippen LogP contribution in [0.15, 0.2) is 22.9 Å². The third kappa shape index (κ3) is 2.33. The summed E-state index contributed by atoms with van der Waals surface area (Å²) in [5.74, 6) is 0.773. The maximum absolute atomic E-state index is 5.61. The predicted molar refractivity (Wildman–Crippen MR) is 67.0 cm³/mol. The second kappa shape index (κ2) is 4.52. The molecule has 0 spiro atoms. The molecule has 0 aliphatic carbocycles. The summed E-state index contributed by atoms with van der Waals surface area (Å²) < 4.78 is 0.855. The standard InChI is InChI=1S/C10H12BrN5/c1-6-7(4-15-16-6)3-13-10-9(11)2-8(12)5-14-10/h2,4-5H,3,12H2,1H3,(H,13,14)(H,15,16). The summed E-state index contributed by atoms with van der Waals surface area (Å²) in [5, 5.41) is 10.0. The zero-order valence-corrected chi connectivity index (χ0v) is 10.4. The molecule has 0 aromatic carbocycles. The highest BCUT2D eigenvalue weighted by molar-refractivity contribution is 9.10. The summed E-state index contributed by atoms with van der Waals surface area (Å²) in [6.45, 7) is 2.66. The lowest BCUT2D eigenvalue weighted by Gasteiger charge is -2.07. The number of rotatable bonds is 3. The summed E-state index contributed by atoms with van der Waals surface area (Å²) in [4.78, 5) is 4.19. The van der Waals surface area contributed by atoms with E-state index in [1.807, 2.05) is 13.0 Å². The molecule has 2 aromatic rings. The number of halogens is 1. The molecule has 5 nitrogen and oxygen atoms in total. The summed E-state index contributed by atoms with van der Waals surface area (Å²) in [5.41, 5.74) is 8.41. The van der Waals surface area contributed by atoms with E-state index in [2.05, 4.69) is 36.4 Å². The maximum Gasteiger partial charge on any atom is 0.140 e. The van der Waals surface area contributed by atoms with Crippen molar-refractivity contribution in [2.24, 2.45) is 0 Å². The molecule has 0 bridgehead atoms. The molecule has 4 N–H and O–H groups in total. The molecule has 0 aliphatic heterocycles. The smallest absolute Gasteiger partial charge is 0.140 e. The Bertz CT molecular complexity index is 494. The van der Waals surface area contributed by atoms with Crippen molar-refractivity contribution in [1.82, 2.24) is 15.2 Å². The highest BCUT2D eigenvalue weighted by atomic mass is 79.9. The first kappa shape index (κ1) is 10.9. The molecule has 0 saturated heterocycles. The highest BCUT2D eigenvalue weighted by Crippen LogP contribution is 2.22. The van der Waals surface area contributed by atoms with Crippen molar-refractivity contribution in [3.63, 3.8) is 0 Å². The van der Waals surface area contributed by atoms with Gasteiger partial charge in [-0.05, 0) is 28.9 Å². The van der Waals surface area contributed by atoms with Crippen molar-refractivity contribution >= 4 is 27.4 Å². The van der Waals surface area contributed by atoms with E-state index >= 15 is 0 Å². The third-order valence-electron chi connectivity index (χ3n) is 2.24. The van der Waals surface area contributed by atoms with E-state index in [4.69, 9.17) is 5.73 Å². The van der Waals surface area contributed by atoms with Gasteiger partial charge in [0.15, 0.2) is 0 Å². The van der Waals surface area contributed by atoms with Crippen molar-refractivity contribution in [2.45, 2.75) is 13.5 Å². The number of hydrogen-bond acceptors (Lipinski definition) is 4. The highest BCUT2D eigenvalue weighted by Gasteiger charge is 2.04. The second-order valence-corrected chi connectivity index (χ2v) is 4.33. The van der Waals surface area contributed by atoms with Gasteiger partial charge in [-0.15, -0.1) is 0 Å². The van der Waals surface area contributed by atoms with E-state index in [0.717, 1.165) is 21.5 Å². The van der Waals surface area contributed by atoms with Gasteiger partial charge in [0, 0.05) is 17.8 Å². The summed E-state index contributed by atoms with van der Waals surface area (Å²) in [6, 6.07) is 1.82. The summed E-state index contributed by atoms with van der Waals surface area (Å²) in [7, 11) is 0. The maximum atomic E-state index is 5.61. The van der Waals surface area contributed by atoms with Gasteiger partial charge >= 0.3 is 0 Å². The SMILES string of the molecule is Cc1[nH]ncc1CNc1ncc(N)cc1Br. The van der Waals surface area contributed by atoms with Gasteiger partial charge in [-0.3, -0.25) is 5.10 Å². The topological polar surface area (TPSA) is 79.6 Å². The summed E-state index contributed by atoms with van der Waals surface area (Å²) >= 11 is 3.40. The Morgan fingerprint density at radius 3 is 2.94 bits per heavy atom. The van der Waals surface area contributed by atoms with E-state index in [1.165, 1.54) is 0 Å². The van der Waals surface area contributed by atoms with Crippen LogP contribution in [0, 0.1) is 6.92 Å². The van der Waals surface area contributed by atoms with Crippen LogP contribution < -0.4 is 11.1 Å². The second-order valence-electron chi connectivity index (χ2n) is 3.47. The van der Waals surface area contributed by atoms with Crippen molar-refractivity contribution in [2.75, 3.05) is 11.1 Å². The molecule has 0 radical (unpaired) electrons. The van der Waals surface area contributed by atoms with Crippen molar-refractivity contribution in [1.29, 1.82) is 0 Å². The van der Waals surface area contributed by atoms with Crippen LogP contribution in [0.25, 0.3) is 0 Å². The average molecular weight is 282 g/mol. The number of H-pyrrole nitrogens is 1. The molecule has 0 saturated carbocycles. The van der Waals surface area contributed by atoms with Crippen LogP contribution in [0.4, 0.5) is 11.5 Å². The molecule has 0 atom stereocenters. The Morgan fingerprint density at radius 1 is 1.50 bits per heavy atom. The number of pyridine rings is 1. The Hall–Kier alpha value is -1.56. The molecule has 16 heavy (non-hydrogen) atoms. The molecule has 84 valence electrons. The number of aromatic nitrogens is 3. The van der Waals surface area contributed by atoms with Crippen LogP contribution in [-0.2, 0) is 6.54 Å². The monoisotopic (exact) mass is 281 g/mol. The van der Waals surface area contributed by atoms with E-state index in [-0.39, 0.29) is 0 Å². The fraction of sp³-hybridized carbons (Fsp3) is 0.200. The zero-order valence-electron chi connectivity index (χ0n) is 8.79. The predicted octanol–water partition coefficient (Wildman–Crippen LogP) is 2.07. The number of hydrogen-bond donors (Lipinski definition) is 3. The number of nitrogens with two attached hydrogens (primary N) is 1. The van der Waals surface area contributed by atoms with Crippen molar-refractivity contribution in [3.05, 3.63) is 34.2 Å². The first-order chi connectivity index (χ1) is 7.66. The lowest BCUT2D eigenvalue weighted by Crippen LogP contribution is -2.03. The molecule has 0 fully saturated rings. The van der Waals surface area contributed by atoms with Gasteiger partial charge in [0.2, 0.25) is 0 Å². The van der Waals surface area contributed by atoms with Crippen LogP contribution in [0.1, 0.15) is 11.3 Å². The van der Waals surface area contributed by atoms with Gasteiger partial charge in [0.05, 0.1) is 22.6 Å².